The zero-order chi connectivity index (χ0) is 14.2. The van der Waals surface area contributed by atoms with E-state index < -0.39 is 28.1 Å². The molecule has 0 saturated carbocycles. The molecule has 4 N–H and O–H groups in total. The average molecular weight is 277 g/mol. The smallest absolute Gasteiger partial charge is 0.327 e. The fourth-order valence-electron chi connectivity index (χ4n) is 0.928. The number of nitrogens with one attached hydrogen (secondary N) is 3. The van der Waals surface area contributed by atoms with Crippen LogP contribution in [0, 0.1) is 12.3 Å². The molecule has 0 bridgehead atoms. The van der Waals surface area contributed by atoms with E-state index in [0.717, 1.165) is 0 Å². The van der Waals surface area contributed by atoms with E-state index in [2.05, 4.69) is 21.3 Å². The number of hydrogen-bond acceptors (Lipinski definition) is 4. The van der Waals surface area contributed by atoms with Crippen LogP contribution in [0.15, 0.2) is 0 Å². The van der Waals surface area contributed by atoms with E-state index in [-0.39, 0.29) is 18.7 Å². The number of terminal acetylenes is 1. The van der Waals surface area contributed by atoms with Gasteiger partial charge in [-0.1, -0.05) is 0 Å². The van der Waals surface area contributed by atoms with Crippen LogP contribution >= 0.6 is 0 Å². The highest BCUT2D eigenvalue weighted by molar-refractivity contribution is 7.89. The van der Waals surface area contributed by atoms with Crippen LogP contribution in [-0.2, 0) is 14.8 Å². The molecule has 0 radical (unpaired) electrons. The first kappa shape index (κ1) is 16.2. The molecule has 0 aromatic rings. The van der Waals surface area contributed by atoms with Gasteiger partial charge in [0.05, 0.1) is 5.75 Å². The number of sulfonamides is 1. The number of carboxylic acid groups (broad SMARTS) is 1. The first-order chi connectivity index (χ1) is 8.32. The minimum Gasteiger partial charge on any atom is -0.480 e. The predicted molar refractivity (Wildman–Crippen MR) is 64.3 cm³/mol. The number of rotatable bonds is 7. The van der Waals surface area contributed by atoms with Gasteiger partial charge >= 0.3 is 12.0 Å². The Morgan fingerprint density at radius 2 is 2.06 bits per heavy atom. The largest absolute Gasteiger partial charge is 0.480 e. The highest BCUT2D eigenvalue weighted by atomic mass is 32.2. The maximum absolute atomic E-state index is 11.2. The Bertz CT molecular complexity index is 440. The molecule has 0 rings (SSSR count). The molecule has 0 saturated heterocycles. The van der Waals surface area contributed by atoms with Crippen LogP contribution in [0.5, 0.6) is 0 Å². The summed E-state index contributed by atoms with van der Waals surface area (Å²) in [6.45, 7) is -0.141. The molecule has 0 spiro atoms. The Morgan fingerprint density at radius 1 is 1.44 bits per heavy atom. The topological polar surface area (TPSA) is 125 Å². The summed E-state index contributed by atoms with van der Waals surface area (Å²) in [5.74, 6) is 0.555. The van der Waals surface area contributed by atoms with Gasteiger partial charge in [0.2, 0.25) is 10.0 Å². The second-order valence-corrected chi connectivity index (χ2v) is 5.27. The highest BCUT2D eigenvalue weighted by Gasteiger charge is 2.18. The van der Waals surface area contributed by atoms with E-state index >= 15 is 0 Å². The van der Waals surface area contributed by atoms with Crippen LogP contribution in [0.1, 0.15) is 6.42 Å². The fourth-order valence-corrected chi connectivity index (χ4v) is 1.50. The first-order valence-corrected chi connectivity index (χ1v) is 6.59. The second kappa shape index (κ2) is 7.52. The maximum Gasteiger partial charge on any atom is 0.327 e. The van der Waals surface area contributed by atoms with Crippen molar-refractivity contribution in [3.05, 3.63) is 0 Å². The molecule has 0 aromatic carbocycles. The summed E-state index contributed by atoms with van der Waals surface area (Å²) in [6, 6.07) is -1.99. The summed E-state index contributed by atoms with van der Waals surface area (Å²) in [6.07, 6.45) is 4.79. The van der Waals surface area contributed by atoms with Gasteiger partial charge in [-0.25, -0.2) is 22.7 Å². The van der Waals surface area contributed by atoms with E-state index in [4.69, 9.17) is 11.5 Å². The Hall–Kier alpha value is -1.79. The molecule has 1 unspecified atom stereocenters. The van der Waals surface area contributed by atoms with Gasteiger partial charge in [0.1, 0.15) is 6.04 Å². The van der Waals surface area contributed by atoms with Crippen molar-refractivity contribution in [2.45, 2.75) is 12.5 Å². The van der Waals surface area contributed by atoms with Gasteiger partial charge in [-0.05, 0) is 7.05 Å². The molecule has 0 aromatic heterocycles. The van der Waals surface area contributed by atoms with Gasteiger partial charge < -0.3 is 15.7 Å². The third-order valence-electron chi connectivity index (χ3n) is 1.89. The van der Waals surface area contributed by atoms with Crippen molar-refractivity contribution >= 4 is 22.0 Å². The fraction of sp³-hybridized carbons (Fsp3) is 0.556. The van der Waals surface area contributed by atoms with Crippen LogP contribution in [0.2, 0.25) is 0 Å². The third kappa shape index (κ3) is 6.72. The summed E-state index contributed by atoms with van der Waals surface area (Å²) in [7, 11) is -2.16. The highest BCUT2D eigenvalue weighted by Crippen LogP contribution is 1.90. The van der Waals surface area contributed by atoms with Gasteiger partial charge in [-0.3, -0.25) is 0 Å². The van der Waals surface area contributed by atoms with Crippen LogP contribution in [0.4, 0.5) is 4.79 Å². The monoisotopic (exact) mass is 277 g/mol. The number of carbonyl (C=O) groups is 2. The number of hydrogen-bond donors (Lipinski definition) is 4. The SMILES string of the molecule is C#CCC(NC(=O)NCCS(=O)(=O)NC)C(=O)O. The molecule has 0 aliphatic carbocycles. The average Bonchev–Trinajstić information content (AvgIpc) is 2.28. The molecule has 0 aliphatic rings. The van der Waals surface area contributed by atoms with Crippen LogP contribution in [-0.4, -0.2) is 50.9 Å². The standard InChI is InChI=1S/C9H15N3O5S/c1-3-4-7(8(13)14)12-9(15)11-5-6-18(16,17)10-2/h1,7,10H,4-6H2,2H3,(H,13,14)(H2,11,12,15). The van der Waals surface area contributed by atoms with Crippen molar-refractivity contribution in [1.82, 2.24) is 15.4 Å². The lowest BCUT2D eigenvalue weighted by Gasteiger charge is -2.12. The molecule has 2 amide bonds. The van der Waals surface area contributed by atoms with E-state index in [0.29, 0.717) is 0 Å². The number of carboxylic acids is 1. The molecule has 1 atom stereocenters. The lowest BCUT2D eigenvalue weighted by molar-refractivity contribution is -0.139. The normalized spacial score (nSPS) is 12.2. The van der Waals surface area contributed by atoms with Crippen LogP contribution in [0.3, 0.4) is 0 Å². The minimum absolute atomic E-state index is 0.141. The number of aliphatic carboxylic acids is 1. The summed E-state index contributed by atoms with van der Waals surface area (Å²) in [4.78, 5) is 21.9. The number of urea groups is 1. The molecule has 18 heavy (non-hydrogen) atoms. The molecule has 9 heteroatoms. The van der Waals surface area contributed by atoms with Crippen molar-refractivity contribution < 1.29 is 23.1 Å². The molecule has 0 aliphatic heterocycles. The van der Waals surface area contributed by atoms with Gasteiger partial charge in [-0.2, -0.15) is 0 Å². The zero-order valence-corrected chi connectivity index (χ0v) is 10.6. The van der Waals surface area contributed by atoms with Gasteiger partial charge in [0.15, 0.2) is 0 Å². The molecule has 0 heterocycles. The quantitative estimate of drug-likeness (QED) is 0.413. The summed E-state index contributed by atoms with van der Waals surface area (Å²) in [5, 5.41) is 13.0. The predicted octanol–water partition coefficient (Wildman–Crippen LogP) is -1.69. The lowest BCUT2D eigenvalue weighted by Crippen LogP contribution is -2.47. The Kier molecular flexibility index (Phi) is 6.77. The summed E-state index contributed by atoms with van der Waals surface area (Å²) in [5.41, 5.74) is 0. The Labute approximate surface area is 105 Å². The molecular weight excluding hydrogens is 262 g/mol. The molecular formula is C9H15N3O5S. The Morgan fingerprint density at radius 3 is 2.50 bits per heavy atom. The van der Waals surface area contributed by atoms with Crippen molar-refractivity contribution in [1.29, 1.82) is 0 Å². The number of amides is 2. The van der Waals surface area contributed by atoms with Crippen molar-refractivity contribution in [3.8, 4) is 12.3 Å². The Balaban J connectivity index is 4.12. The van der Waals surface area contributed by atoms with E-state index in [9.17, 15) is 18.0 Å². The lowest BCUT2D eigenvalue weighted by atomic mass is 10.2. The summed E-state index contributed by atoms with van der Waals surface area (Å²) >= 11 is 0. The molecule has 102 valence electrons. The van der Waals surface area contributed by atoms with Crippen LogP contribution in [0.25, 0.3) is 0 Å². The second-order valence-electron chi connectivity index (χ2n) is 3.22. The van der Waals surface area contributed by atoms with E-state index in [1.54, 1.807) is 0 Å². The summed E-state index contributed by atoms with van der Waals surface area (Å²) < 4.78 is 24.1. The molecule has 8 nitrogen and oxygen atoms in total. The first-order valence-electron chi connectivity index (χ1n) is 4.94. The molecule has 0 fully saturated rings. The minimum atomic E-state index is -3.41. The van der Waals surface area contributed by atoms with Crippen LogP contribution < -0.4 is 15.4 Å². The third-order valence-corrected chi connectivity index (χ3v) is 3.26. The van der Waals surface area contributed by atoms with Crippen molar-refractivity contribution in [3.63, 3.8) is 0 Å². The zero-order valence-electron chi connectivity index (χ0n) is 9.76. The maximum atomic E-state index is 11.2. The van der Waals surface area contributed by atoms with Crippen molar-refractivity contribution in [2.75, 3.05) is 19.3 Å². The van der Waals surface area contributed by atoms with E-state index in [1.165, 1.54) is 7.05 Å². The number of carbonyl (C=O) groups excluding carboxylic acids is 1. The van der Waals surface area contributed by atoms with Gasteiger partial charge in [0.25, 0.3) is 0 Å². The van der Waals surface area contributed by atoms with E-state index in [1.807, 2.05) is 0 Å². The van der Waals surface area contributed by atoms with Gasteiger partial charge in [0, 0.05) is 13.0 Å². The van der Waals surface area contributed by atoms with Gasteiger partial charge in [-0.15, -0.1) is 12.3 Å². The van der Waals surface area contributed by atoms with Crippen molar-refractivity contribution in [2.24, 2.45) is 0 Å².